The number of aliphatic hydroxyl groups is 2. The summed E-state index contributed by atoms with van der Waals surface area (Å²) in [4.78, 5) is 27.4. The molecule has 0 bridgehead atoms. The first-order valence-corrected chi connectivity index (χ1v) is 25.5. The molecule has 2 unspecified atom stereocenters. The molecule has 8 N–H and O–H groups in total. The number of nitrogens with one attached hydrogen (secondary N) is 2. The van der Waals surface area contributed by atoms with E-state index < -0.39 is 101 Å². The summed E-state index contributed by atoms with van der Waals surface area (Å²) in [6.45, 7) is 11.1. The largest absolute Gasteiger partial charge is 0.435 e. The van der Waals surface area contributed by atoms with E-state index in [0.29, 0.717) is 56.1 Å². The highest BCUT2D eigenvalue weighted by Gasteiger charge is 2.31. The second-order valence-electron chi connectivity index (χ2n) is 17.3. The van der Waals surface area contributed by atoms with Crippen molar-refractivity contribution in [2.75, 3.05) is 0 Å². The van der Waals surface area contributed by atoms with E-state index in [1.807, 2.05) is 0 Å². The number of carbonyl (C=O) groups is 2. The molecule has 2 aromatic carbocycles. The molecule has 0 saturated carbocycles. The van der Waals surface area contributed by atoms with Crippen LogP contribution in [0, 0.1) is 11.6 Å². The number of nitrogens with two attached hydrogens (primary N) is 2. The van der Waals surface area contributed by atoms with E-state index in [4.69, 9.17) is 15.0 Å². The number of thiol groups is 2. The van der Waals surface area contributed by atoms with Gasteiger partial charge in [0.25, 0.3) is 6.43 Å². The van der Waals surface area contributed by atoms with Crippen molar-refractivity contribution in [3.8, 4) is 5.75 Å². The third-order valence-electron chi connectivity index (χ3n) is 10.7. The summed E-state index contributed by atoms with van der Waals surface area (Å²) >= 11 is 1.29. The van der Waals surface area contributed by atoms with Crippen LogP contribution in [0.15, 0.2) is 44.8 Å². The SMILES string of the molecule is CCc1cc(OC(F)F)cc(C(C)CCC(C)c2cc(C(F)F)cc(C(C)C)c2CC(=O)N[SH](N)(=O)c2sc(C(C)(C)O)cc2F)c1CC(=O)N[SH](N)(=O)c1sc(C(C)(C)O)cc1F. The van der Waals surface area contributed by atoms with Gasteiger partial charge in [-0.25, -0.2) is 26.0 Å². The molecule has 0 fully saturated rings. The van der Waals surface area contributed by atoms with Gasteiger partial charge in [0, 0.05) is 35.9 Å². The van der Waals surface area contributed by atoms with Gasteiger partial charge in [-0.1, -0.05) is 34.6 Å². The molecular weight excluding hydrogens is 927 g/mol. The molecule has 0 aliphatic rings. The number of alkyl halides is 4. The van der Waals surface area contributed by atoms with Crippen LogP contribution < -0.4 is 24.5 Å². The van der Waals surface area contributed by atoms with Crippen LogP contribution >= 0.6 is 22.7 Å². The Morgan fingerprint density at radius 2 is 1.14 bits per heavy atom. The zero-order valence-corrected chi connectivity index (χ0v) is 40.4. The minimum absolute atomic E-state index is 0.124. The van der Waals surface area contributed by atoms with Gasteiger partial charge in [0.2, 0.25) is 11.8 Å². The fourth-order valence-electron chi connectivity index (χ4n) is 7.35. The Balaban J connectivity index is 1.68. The Bertz CT molecular complexity index is 2450. The maximum absolute atomic E-state index is 15.0. The number of ether oxygens (including phenoxy) is 1. The number of benzene rings is 2. The minimum Gasteiger partial charge on any atom is -0.435 e. The first-order valence-electron chi connectivity index (χ1n) is 20.4. The van der Waals surface area contributed by atoms with Crippen molar-refractivity contribution in [2.45, 2.75) is 145 Å². The van der Waals surface area contributed by atoms with Gasteiger partial charge < -0.3 is 14.9 Å². The summed E-state index contributed by atoms with van der Waals surface area (Å²) in [5, 5.41) is 32.7. The van der Waals surface area contributed by atoms with E-state index in [1.54, 1.807) is 34.6 Å². The Morgan fingerprint density at radius 3 is 1.52 bits per heavy atom. The standard InChI is InChI=1S/C43H58F6N4O7S4/c1-10-24-13-26(60-41(48)49)16-29(30(24)17-36(54)52-63(50,58)39-32(44)19-34(61-39)42(6,7)56)23(5)12-11-22(4)28-15-25(38(46)47)14-27(21(2)3)31(28)18-37(55)53-64(51,59)40-33(45)20-35(62-40)43(8,9)57/h13-16,19-23,38,41,56-57,63-64H,10-12,17-18H2,1-9H3,(H3,50,52,54,58)(H3,51,53,55,59). The first-order chi connectivity index (χ1) is 29.4. The number of halogens is 6. The van der Waals surface area contributed by atoms with Gasteiger partial charge in [0.1, 0.15) is 14.2 Å². The number of hydrogen-bond acceptors (Lipinski definition) is 9. The van der Waals surface area contributed by atoms with Crippen molar-refractivity contribution >= 4 is 55.1 Å². The second-order valence-corrected chi connectivity index (χ2v) is 24.0. The van der Waals surface area contributed by atoms with Crippen molar-refractivity contribution in [1.29, 1.82) is 0 Å². The van der Waals surface area contributed by atoms with Crippen molar-refractivity contribution in [2.24, 2.45) is 10.3 Å². The molecule has 2 aromatic heterocycles. The summed E-state index contributed by atoms with van der Waals surface area (Å²) in [6.07, 6.45) is -3.02. The van der Waals surface area contributed by atoms with Crippen LogP contribution in [-0.2, 0) is 60.7 Å². The summed E-state index contributed by atoms with van der Waals surface area (Å²) in [7, 11) is -8.75. The molecule has 64 heavy (non-hydrogen) atoms. The van der Waals surface area contributed by atoms with E-state index in [2.05, 4.69) is 9.44 Å². The highest BCUT2D eigenvalue weighted by molar-refractivity contribution is 8.01. The molecule has 0 aliphatic carbocycles. The van der Waals surface area contributed by atoms with Gasteiger partial charge in [0.05, 0.1) is 24.0 Å². The Morgan fingerprint density at radius 1 is 0.719 bits per heavy atom. The topological polar surface area (TPSA) is 194 Å². The molecule has 0 aliphatic heterocycles. The molecule has 2 heterocycles. The molecule has 2 amide bonds. The lowest BCUT2D eigenvalue weighted by molar-refractivity contribution is -0.119. The third-order valence-corrected chi connectivity index (χ3v) is 18.1. The van der Waals surface area contributed by atoms with Crippen molar-refractivity contribution < 1.29 is 59.3 Å². The second kappa shape index (κ2) is 20.4. The van der Waals surface area contributed by atoms with Gasteiger partial charge in [-0.2, -0.15) is 8.78 Å². The molecule has 0 saturated heterocycles. The summed E-state index contributed by atoms with van der Waals surface area (Å²) in [5.74, 6) is -5.30. The Labute approximate surface area is 379 Å². The number of amides is 2. The highest BCUT2D eigenvalue weighted by atomic mass is 32.3. The summed E-state index contributed by atoms with van der Waals surface area (Å²) in [6, 6.07) is 7.26. The monoisotopic (exact) mass is 984 g/mol. The van der Waals surface area contributed by atoms with Crippen molar-refractivity contribution in [1.82, 2.24) is 9.44 Å². The maximum atomic E-state index is 15.0. The summed E-state index contributed by atoms with van der Waals surface area (Å²) < 4.78 is 121. The predicted molar refractivity (Wildman–Crippen MR) is 241 cm³/mol. The van der Waals surface area contributed by atoms with Crippen LogP contribution in [0.4, 0.5) is 26.3 Å². The maximum Gasteiger partial charge on any atom is 0.387 e. The van der Waals surface area contributed by atoms with E-state index in [9.17, 15) is 54.6 Å². The minimum atomic E-state index is -4.38. The first kappa shape index (κ1) is 52.9. The van der Waals surface area contributed by atoms with E-state index in [0.717, 1.165) is 12.1 Å². The lowest BCUT2D eigenvalue weighted by Crippen LogP contribution is -2.43. The molecule has 2 atom stereocenters. The van der Waals surface area contributed by atoms with Crippen LogP contribution in [0.5, 0.6) is 5.75 Å². The van der Waals surface area contributed by atoms with Gasteiger partial charge in [-0.15, -0.1) is 22.7 Å². The Kier molecular flexibility index (Phi) is 16.9. The molecular formula is C43H58F6N4O7S4. The smallest absolute Gasteiger partial charge is 0.387 e. The van der Waals surface area contributed by atoms with Gasteiger partial charge in [-0.05, 0) is 134 Å². The molecule has 4 rings (SSSR count). The molecule has 21 heteroatoms. The average Bonchev–Trinajstić information content (AvgIpc) is 3.77. The average molecular weight is 985 g/mol. The molecule has 11 nitrogen and oxygen atoms in total. The van der Waals surface area contributed by atoms with Gasteiger partial charge >= 0.3 is 6.61 Å². The zero-order valence-electron chi connectivity index (χ0n) is 37.0. The zero-order chi connectivity index (χ0) is 48.4. The van der Waals surface area contributed by atoms with Gasteiger partial charge in [0.15, 0.2) is 11.6 Å². The van der Waals surface area contributed by atoms with E-state index in [1.165, 1.54) is 52.0 Å². The molecule has 4 aromatic rings. The number of thiophene rings is 2. The molecule has 0 spiro atoms. The van der Waals surface area contributed by atoms with Crippen molar-refractivity contribution in [3.05, 3.63) is 96.7 Å². The number of aryl methyl sites for hydroxylation is 1. The van der Waals surface area contributed by atoms with Gasteiger partial charge in [-0.3, -0.25) is 29.3 Å². The fraction of sp³-hybridized carbons (Fsp3) is 0.488. The Hall–Kier alpha value is -3.70. The summed E-state index contributed by atoms with van der Waals surface area (Å²) in [5.41, 5.74) is -0.897. The predicted octanol–water partition coefficient (Wildman–Crippen LogP) is 8.50. The van der Waals surface area contributed by atoms with Crippen LogP contribution in [-0.4, -0.2) is 37.1 Å². The fourth-order valence-corrected chi connectivity index (χ4v) is 12.7. The number of hydrogen-bond donors (Lipinski definition) is 8. The van der Waals surface area contributed by atoms with Crippen molar-refractivity contribution in [3.63, 3.8) is 0 Å². The lowest BCUT2D eigenvalue weighted by atomic mass is 9.81. The quantitative estimate of drug-likeness (QED) is 0.0321. The van der Waals surface area contributed by atoms with E-state index >= 15 is 0 Å². The van der Waals surface area contributed by atoms with Crippen LogP contribution in [0.25, 0.3) is 0 Å². The van der Waals surface area contributed by atoms with Crippen LogP contribution in [0.3, 0.4) is 0 Å². The lowest BCUT2D eigenvalue weighted by Gasteiger charge is -2.26. The number of carbonyl (C=O) groups excluding carboxylic acids is 2. The molecule has 0 radical (unpaired) electrons. The normalized spacial score (nSPS) is 14.3. The highest BCUT2D eigenvalue weighted by Crippen LogP contribution is 2.40. The third kappa shape index (κ3) is 13.0. The van der Waals surface area contributed by atoms with E-state index in [-0.39, 0.29) is 46.2 Å². The van der Waals surface area contributed by atoms with Crippen LogP contribution in [0.2, 0.25) is 0 Å². The number of rotatable bonds is 20. The van der Waals surface area contributed by atoms with Crippen LogP contribution in [0.1, 0.15) is 148 Å². The molecule has 358 valence electrons.